The molecule has 2 N–H and O–H groups in total. The first-order valence-corrected chi connectivity index (χ1v) is 6.93. The molecule has 1 saturated carbocycles. The number of hydrogen-bond donors (Lipinski definition) is 2. The van der Waals surface area contributed by atoms with Crippen LogP contribution in [0, 0.1) is 0 Å². The zero-order chi connectivity index (χ0) is 13.1. The molecule has 3 rings (SSSR count). The Morgan fingerprint density at radius 3 is 2.89 bits per heavy atom. The minimum absolute atomic E-state index is 0.395. The molecule has 19 heavy (non-hydrogen) atoms. The summed E-state index contributed by atoms with van der Waals surface area (Å²) in [6, 6.07) is 0.647. The second kappa shape index (κ2) is 5.52. The maximum Gasteiger partial charge on any atom is 0.238 e. The molecule has 1 aliphatic rings. The van der Waals surface area contributed by atoms with Crippen LogP contribution in [0.4, 0.5) is 0 Å². The first kappa shape index (κ1) is 12.3. The van der Waals surface area contributed by atoms with E-state index in [1.54, 1.807) is 12.4 Å². The smallest absolute Gasteiger partial charge is 0.238 e. The summed E-state index contributed by atoms with van der Waals surface area (Å²) < 4.78 is 5.38. The number of rotatable bonds is 4. The van der Waals surface area contributed by atoms with Gasteiger partial charge in [-0.1, -0.05) is 12.1 Å². The summed E-state index contributed by atoms with van der Waals surface area (Å²) in [6.45, 7) is 3.19. The van der Waals surface area contributed by atoms with Crippen LogP contribution >= 0.6 is 0 Å². The molecule has 2 heterocycles. The van der Waals surface area contributed by atoms with Crippen molar-refractivity contribution in [2.45, 2.75) is 44.6 Å². The molecule has 102 valence electrons. The van der Waals surface area contributed by atoms with E-state index >= 15 is 0 Å². The van der Waals surface area contributed by atoms with Crippen LogP contribution in [0.15, 0.2) is 16.9 Å². The van der Waals surface area contributed by atoms with Gasteiger partial charge in [-0.15, -0.1) is 0 Å². The van der Waals surface area contributed by atoms with Gasteiger partial charge in [-0.05, 0) is 32.2 Å². The van der Waals surface area contributed by atoms with Crippen molar-refractivity contribution in [3.63, 3.8) is 0 Å². The highest BCUT2D eigenvalue weighted by atomic mass is 16.5. The number of aromatic amines is 1. The van der Waals surface area contributed by atoms with Crippen LogP contribution < -0.4 is 5.32 Å². The van der Waals surface area contributed by atoms with E-state index in [0.717, 1.165) is 25.3 Å². The van der Waals surface area contributed by atoms with Crippen molar-refractivity contribution in [2.75, 3.05) is 6.54 Å². The highest BCUT2D eigenvalue weighted by molar-refractivity contribution is 5.40. The van der Waals surface area contributed by atoms with Gasteiger partial charge in [0.05, 0.1) is 0 Å². The van der Waals surface area contributed by atoms with E-state index in [9.17, 15) is 0 Å². The maximum atomic E-state index is 5.38. The predicted molar refractivity (Wildman–Crippen MR) is 70.6 cm³/mol. The zero-order valence-corrected chi connectivity index (χ0v) is 11.1. The SMILES string of the molecule is CCNC1CCC(c2nc(-c3ncc[nH]3)no2)CC1. The summed E-state index contributed by atoms with van der Waals surface area (Å²) in [5.41, 5.74) is 0. The summed E-state index contributed by atoms with van der Waals surface area (Å²) in [6.07, 6.45) is 8.02. The molecule has 2 aromatic rings. The molecule has 2 aromatic heterocycles. The van der Waals surface area contributed by atoms with E-state index < -0.39 is 0 Å². The van der Waals surface area contributed by atoms with E-state index in [2.05, 4.69) is 32.3 Å². The van der Waals surface area contributed by atoms with Gasteiger partial charge in [-0.25, -0.2) is 4.98 Å². The second-order valence-electron chi connectivity index (χ2n) is 5.00. The molecule has 0 atom stereocenters. The number of H-pyrrole nitrogens is 1. The Kier molecular flexibility index (Phi) is 3.59. The molecule has 0 amide bonds. The lowest BCUT2D eigenvalue weighted by Gasteiger charge is -2.26. The monoisotopic (exact) mass is 261 g/mol. The van der Waals surface area contributed by atoms with Gasteiger partial charge >= 0.3 is 0 Å². The lowest BCUT2D eigenvalue weighted by Crippen LogP contribution is -2.32. The average Bonchev–Trinajstić information content (AvgIpc) is 3.11. The Morgan fingerprint density at radius 1 is 1.37 bits per heavy atom. The van der Waals surface area contributed by atoms with E-state index in [-0.39, 0.29) is 0 Å². The van der Waals surface area contributed by atoms with E-state index in [1.165, 1.54) is 12.8 Å². The predicted octanol–water partition coefficient (Wildman–Crippen LogP) is 2.10. The van der Waals surface area contributed by atoms with E-state index in [0.29, 0.717) is 23.6 Å². The molecule has 0 aliphatic heterocycles. The number of hydrogen-bond acceptors (Lipinski definition) is 5. The Labute approximate surface area is 112 Å². The molecular formula is C13H19N5O. The third-order valence-corrected chi connectivity index (χ3v) is 3.72. The van der Waals surface area contributed by atoms with E-state index in [4.69, 9.17) is 4.52 Å². The Hall–Kier alpha value is -1.69. The molecule has 1 fully saturated rings. The van der Waals surface area contributed by atoms with Gasteiger partial charge in [0, 0.05) is 24.4 Å². The summed E-state index contributed by atoms with van der Waals surface area (Å²) in [5.74, 6) is 2.36. The van der Waals surface area contributed by atoms with Crippen LogP contribution in [0.25, 0.3) is 11.6 Å². The molecule has 0 radical (unpaired) electrons. The standard InChI is InChI=1S/C13H19N5O/c1-2-14-10-5-3-9(4-6-10)13-17-12(18-19-13)11-15-7-8-16-11/h7-10,14H,2-6H2,1H3,(H,15,16). The molecule has 0 unspecified atom stereocenters. The molecule has 0 aromatic carbocycles. The van der Waals surface area contributed by atoms with Crippen molar-refractivity contribution in [1.29, 1.82) is 0 Å². The Balaban J connectivity index is 1.64. The van der Waals surface area contributed by atoms with Crippen LogP contribution in [0.2, 0.25) is 0 Å². The normalized spacial score (nSPS) is 23.6. The van der Waals surface area contributed by atoms with Gasteiger partial charge in [0.25, 0.3) is 0 Å². The molecule has 6 nitrogen and oxygen atoms in total. The summed E-state index contributed by atoms with van der Waals surface area (Å²) >= 11 is 0. The lowest BCUT2D eigenvalue weighted by molar-refractivity contribution is 0.284. The third-order valence-electron chi connectivity index (χ3n) is 3.72. The number of nitrogens with one attached hydrogen (secondary N) is 2. The van der Waals surface area contributed by atoms with Crippen LogP contribution in [0.1, 0.15) is 44.4 Å². The average molecular weight is 261 g/mol. The molecule has 0 spiro atoms. The lowest BCUT2D eigenvalue weighted by atomic mass is 9.86. The van der Waals surface area contributed by atoms with Gasteiger partial charge in [-0.2, -0.15) is 4.98 Å². The summed E-state index contributed by atoms with van der Waals surface area (Å²) in [4.78, 5) is 11.6. The first-order chi connectivity index (χ1) is 9.36. The number of aromatic nitrogens is 4. The third kappa shape index (κ3) is 2.68. The van der Waals surface area contributed by atoms with Crippen molar-refractivity contribution >= 4 is 0 Å². The molecule has 1 aliphatic carbocycles. The minimum atomic E-state index is 0.395. The fourth-order valence-corrected chi connectivity index (χ4v) is 2.72. The van der Waals surface area contributed by atoms with Crippen LogP contribution in [-0.4, -0.2) is 32.7 Å². The van der Waals surface area contributed by atoms with Crippen molar-refractivity contribution in [3.8, 4) is 11.6 Å². The van der Waals surface area contributed by atoms with Gasteiger partial charge < -0.3 is 14.8 Å². The van der Waals surface area contributed by atoms with E-state index in [1.807, 2.05) is 0 Å². The van der Waals surface area contributed by atoms with Gasteiger partial charge in [0.1, 0.15) is 0 Å². The molecular weight excluding hydrogens is 242 g/mol. The van der Waals surface area contributed by atoms with Gasteiger partial charge in [-0.3, -0.25) is 0 Å². The number of imidazole rings is 1. The zero-order valence-electron chi connectivity index (χ0n) is 11.1. The van der Waals surface area contributed by atoms with Crippen LogP contribution in [0.3, 0.4) is 0 Å². The number of nitrogens with zero attached hydrogens (tertiary/aromatic N) is 3. The maximum absolute atomic E-state index is 5.38. The molecule has 0 bridgehead atoms. The highest BCUT2D eigenvalue weighted by Gasteiger charge is 2.26. The second-order valence-corrected chi connectivity index (χ2v) is 5.00. The van der Waals surface area contributed by atoms with Crippen LogP contribution in [-0.2, 0) is 0 Å². The quantitative estimate of drug-likeness (QED) is 0.881. The Morgan fingerprint density at radius 2 is 2.21 bits per heavy atom. The molecule has 0 saturated heterocycles. The summed E-state index contributed by atoms with van der Waals surface area (Å²) in [7, 11) is 0. The fraction of sp³-hybridized carbons (Fsp3) is 0.615. The highest BCUT2D eigenvalue weighted by Crippen LogP contribution is 2.32. The topological polar surface area (TPSA) is 79.6 Å². The summed E-state index contributed by atoms with van der Waals surface area (Å²) in [5, 5.41) is 7.50. The fourth-order valence-electron chi connectivity index (χ4n) is 2.72. The Bertz CT molecular complexity index is 499. The van der Waals surface area contributed by atoms with Crippen LogP contribution in [0.5, 0.6) is 0 Å². The largest absolute Gasteiger partial charge is 0.342 e. The molecule has 6 heteroatoms. The first-order valence-electron chi connectivity index (χ1n) is 6.93. The van der Waals surface area contributed by atoms with Crippen molar-refractivity contribution in [1.82, 2.24) is 25.4 Å². The van der Waals surface area contributed by atoms with Gasteiger partial charge in [0.2, 0.25) is 11.7 Å². The minimum Gasteiger partial charge on any atom is -0.342 e. The van der Waals surface area contributed by atoms with Crippen molar-refractivity contribution in [2.24, 2.45) is 0 Å². The van der Waals surface area contributed by atoms with Crippen molar-refractivity contribution in [3.05, 3.63) is 18.3 Å². The van der Waals surface area contributed by atoms with Gasteiger partial charge in [0.15, 0.2) is 5.82 Å². The van der Waals surface area contributed by atoms with Crippen molar-refractivity contribution < 1.29 is 4.52 Å².